The molecule has 0 fully saturated rings. The molecule has 3 nitrogen and oxygen atoms in total. The fourth-order valence-electron chi connectivity index (χ4n) is 1.64. The average molecular weight is 242 g/mol. The minimum atomic E-state index is 0.626. The molecule has 1 heterocycles. The Morgan fingerprint density at radius 3 is 2.78 bits per heavy atom. The molecule has 0 spiro atoms. The van der Waals surface area contributed by atoms with Crippen LogP contribution in [0.1, 0.15) is 18.1 Å². The second-order valence-corrected chi connectivity index (χ2v) is 4.20. The molecule has 1 aromatic heterocycles. The number of benzene rings is 1. The first-order chi connectivity index (χ1) is 8.78. The van der Waals surface area contributed by atoms with Crippen LogP contribution in [0.4, 0.5) is 0 Å². The molecule has 0 amide bonds. The van der Waals surface area contributed by atoms with E-state index in [9.17, 15) is 0 Å². The van der Waals surface area contributed by atoms with E-state index >= 15 is 0 Å². The summed E-state index contributed by atoms with van der Waals surface area (Å²) in [7, 11) is 0. The van der Waals surface area contributed by atoms with Gasteiger partial charge in [0.2, 0.25) is 5.88 Å². The zero-order valence-corrected chi connectivity index (χ0v) is 10.8. The Morgan fingerprint density at radius 2 is 2.11 bits per heavy atom. The van der Waals surface area contributed by atoms with Crippen LogP contribution in [0.5, 0.6) is 11.6 Å². The van der Waals surface area contributed by atoms with Crippen LogP contribution in [0.2, 0.25) is 0 Å². The lowest BCUT2D eigenvalue weighted by Gasteiger charge is -2.06. The van der Waals surface area contributed by atoms with Gasteiger partial charge in [-0.25, -0.2) is 4.98 Å². The van der Waals surface area contributed by atoms with Crippen molar-refractivity contribution in [1.82, 2.24) is 10.3 Å². The summed E-state index contributed by atoms with van der Waals surface area (Å²) < 4.78 is 5.69. The monoisotopic (exact) mass is 242 g/mol. The molecule has 3 heteroatoms. The zero-order valence-electron chi connectivity index (χ0n) is 10.8. The van der Waals surface area contributed by atoms with Crippen molar-refractivity contribution in [3.8, 4) is 11.6 Å². The highest BCUT2D eigenvalue weighted by molar-refractivity contribution is 5.31. The molecule has 0 saturated heterocycles. The Bertz CT molecular complexity index is 494. The third-order valence-corrected chi connectivity index (χ3v) is 2.59. The van der Waals surface area contributed by atoms with Crippen LogP contribution in [0.3, 0.4) is 0 Å². The summed E-state index contributed by atoms with van der Waals surface area (Å²) in [4.78, 5) is 4.29. The molecule has 0 aliphatic rings. The number of aryl methyl sites for hydroxylation is 1. The van der Waals surface area contributed by atoms with Gasteiger partial charge in [-0.3, -0.25) is 0 Å². The SMILES string of the molecule is CCNCc1ccc(Oc2cccc(C)c2)nc1. The number of pyridine rings is 1. The van der Waals surface area contributed by atoms with Crippen LogP contribution in [-0.4, -0.2) is 11.5 Å². The van der Waals surface area contributed by atoms with Crippen LogP contribution >= 0.6 is 0 Å². The van der Waals surface area contributed by atoms with Crippen LogP contribution in [-0.2, 0) is 6.54 Å². The number of nitrogens with one attached hydrogen (secondary N) is 1. The smallest absolute Gasteiger partial charge is 0.219 e. The summed E-state index contributed by atoms with van der Waals surface area (Å²) in [6.45, 7) is 5.93. The molecule has 0 bridgehead atoms. The van der Waals surface area contributed by atoms with Crippen LogP contribution in [0.15, 0.2) is 42.6 Å². The number of ether oxygens (including phenoxy) is 1. The lowest BCUT2D eigenvalue weighted by molar-refractivity contribution is 0.462. The van der Waals surface area contributed by atoms with E-state index in [1.165, 1.54) is 5.56 Å². The van der Waals surface area contributed by atoms with Gasteiger partial charge >= 0.3 is 0 Å². The molecule has 0 unspecified atom stereocenters. The van der Waals surface area contributed by atoms with Gasteiger partial charge in [0.15, 0.2) is 0 Å². The first kappa shape index (κ1) is 12.6. The van der Waals surface area contributed by atoms with Crippen molar-refractivity contribution in [3.63, 3.8) is 0 Å². The Balaban J connectivity index is 2.02. The van der Waals surface area contributed by atoms with E-state index in [0.717, 1.165) is 24.4 Å². The lowest BCUT2D eigenvalue weighted by atomic mass is 10.2. The molecular formula is C15H18N2O. The Hall–Kier alpha value is -1.87. The topological polar surface area (TPSA) is 34.1 Å². The minimum absolute atomic E-state index is 0.626. The van der Waals surface area contributed by atoms with E-state index in [0.29, 0.717) is 5.88 Å². The molecule has 0 saturated carbocycles. The molecule has 1 N–H and O–H groups in total. The molecule has 0 radical (unpaired) electrons. The molecule has 0 aliphatic carbocycles. The summed E-state index contributed by atoms with van der Waals surface area (Å²) in [6, 6.07) is 11.9. The highest BCUT2D eigenvalue weighted by Gasteiger charge is 1.99. The van der Waals surface area contributed by atoms with Crippen molar-refractivity contribution in [2.45, 2.75) is 20.4 Å². The van der Waals surface area contributed by atoms with Crippen molar-refractivity contribution in [2.24, 2.45) is 0 Å². The Kier molecular flexibility index (Phi) is 4.31. The lowest BCUT2D eigenvalue weighted by Crippen LogP contribution is -2.11. The fourth-order valence-corrected chi connectivity index (χ4v) is 1.64. The van der Waals surface area contributed by atoms with Gasteiger partial charge in [0.1, 0.15) is 5.75 Å². The molecule has 94 valence electrons. The normalized spacial score (nSPS) is 10.3. The molecule has 0 aliphatic heterocycles. The van der Waals surface area contributed by atoms with Gasteiger partial charge < -0.3 is 10.1 Å². The predicted molar refractivity (Wildman–Crippen MR) is 72.9 cm³/mol. The van der Waals surface area contributed by atoms with E-state index in [4.69, 9.17) is 4.74 Å². The highest BCUT2D eigenvalue weighted by Crippen LogP contribution is 2.20. The van der Waals surface area contributed by atoms with Crippen LogP contribution in [0.25, 0.3) is 0 Å². The van der Waals surface area contributed by atoms with Gasteiger partial charge in [-0.05, 0) is 36.7 Å². The van der Waals surface area contributed by atoms with Gasteiger partial charge in [-0.1, -0.05) is 25.1 Å². The van der Waals surface area contributed by atoms with Gasteiger partial charge in [0.25, 0.3) is 0 Å². The first-order valence-electron chi connectivity index (χ1n) is 6.18. The number of hydrogen-bond donors (Lipinski definition) is 1. The summed E-state index contributed by atoms with van der Waals surface area (Å²) in [5.74, 6) is 1.45. The van der Waals surface area contributed by atoms with E-state index < -0.39 is 0 Å². The molecule has 2 rings (SSSR count). The summed E-state index contributed by atoms with van der Waals surface area (Å²) in [5.41, 5.74) is 2.34. The quantitative estimate of drug-likeness (QED) is 0.873. The molecule has 1 aromatic carbocycles. The molecule has 2 aromatic rings. The maximum absolute atomic E-state index is 5.69. The third-order valence-electron chi connectivity index (χ3n) is 2.59. The van der Waals surface area contributed by atoms with Crippen LogP contribution in [0, 0.1) is 6.92 Å². The Labute approximate surface area is 108 Å². The number of nitrogens with zero attached hydrogens (tertiary/aromatic N) is 1. The molecule has 0 atom stereocenters. The Morgan fingerprint density at radius 1 is 1.22 bits per heavy atom. The number of rotatable bonds is 5. The predicted octanol–water partition coefficient (Wildman–Crippen LogP) is 3.29. The van der Waals surface area contributed by atoms with Crippen molar-refractivity contribution in [3.05, 3.63) is 53.7 Å². The summed E-state index contributed by atoms with van der Waals surface area (Å²) in [6.07, 6.45) is 1.84. The summed E-state index contributed by atoms with van der Waals surface area (Å²) in [5, 5.41) is 3.26. The fraction of sp³-hybridized carbons (Fsp3) is 0.267. The first-order valence-corrected chi connectivity index (χ1v) is 6.18. The standard InChI is InChI=1S/C15H18N2O/c1-3-16-10-13-7-8-15(17-11-13)18-14-6-4-5-12(2)9-14/h4-9,11,16H,3,10H2,1-2H3. The number of hydrogen-bond acceptors (Lipinski definition) is 3. The summed E-state index contributed by atoms with van der Waals surface area (Å²) >= 11 is 0. The average Bonchev–Trinajstić information content (AvgIpc) is 2.38. The van der Waals surface area contributed by atoms with Crippen LogP contribution < -0.4 is 10.1 Å². The second kappa shape index (κ2) is 6.17. The zero-order chi connectivity index (χ0) is 12.8. The van der Waals surface area contributed by atoms with Gasteiger partial charge in [0, 0.05) is 18.8 Å². The van der Waals surface area contributed by atoms with Gasteiger partial charge in [-0.15, -0.1) is 0 Å². The van der Waals surface area contributed by atoms with Crippen molar-refractivity contribution < 1.29 is 4.74 Å². The van der Waals surface area contributed by atoms with E-state index in [1.54, 1.807) is 0 Å². The molecule has 18 heavy (non-hydrogen) atoms. The van der Waals surface area contributed by atoms with Gasteiger partial charge in [-0.2, -0.15) is 0 Å². The second-order valence-electron chi connectivity index (χ2n) is 4.20. The highest BCUT2D eigenvalue weighted by atomic mass is 16.5. The third kappa shape index (κ3) is 3.57. The maximum Gasteiger partial charge on any atom is 0.219 e. The largest absolute Gasteiger partial charge is 0.439 e. The minimum Gasteiger partial charge on any atom is -0.439 e. The van der Waals surface area contributed by atoms with E-state index in [-0.39, 0.29) is 0 Å². The van der Waals surface area contributed by atoms with Gasteiger partial charge in [0.05, 0.1) is 0 Å². The van der Waals surface area contributed by atoms with Crippen molar-refractivity contribution in [1.29, 1.82) is 0 Å². The molecular weight excluding hydrogens is 224 g/mol. The van der Waals surface area contributed by atoms with E-state index in [1.807, 2.05) is 49.5 Å². The number of aromatic nitrogens is 1. The van der Waals surface area contributed by atoms with Crippen molar-refractivity contribution >= 4 is 0 Å². The van der Waals surface area contributed by atoms with E-state index in [2.05, 4.69) is 17.2 Å². The maximum atomic E-state index is 5.69. The van der Waals surface area contributed by atoms with Crippen molar-refractivity contribution in [2.75, 3.05) is 6.54 Å².